The topological polar surface area (TPSA) is 97.0 Å². The highest BCUT2D eigenvalue weighted by atomic mass is 32.1. The first-order chi connectivity index (χ1) is 17.0. The maximum Gasteiger partial charge on any atom is 0.411 e. The summed E-state index contributed by atoms with van der Waals surface area (Å²) >= 11 is 1.34. The third-order valence-corrected chi connectivity index (χ3v) is 6.52. The normalized spacial score (nSPS) is 17.2. The number of carbonyl (C=O) groups excluding carboxylic acids is 3. The lowest BCUT2D eigenvalue weighted by Gasteiger charge is -2.24. The Bertz CT molecular complexity index is 1180. The number of nitrogens with one attached hydrogen (secondary N) is 2. The smallest absolute Gasteiger partial charge is 0.411 e. The largest absolute Gasteiger partial charge is 0.438 e. The van der Waals surface area contributed by atoms with Gasteiger partial charge in [0, 0.05) is 19.3 Å². The van der Waals surface area contributed by atoms with Gasteiger partial charge in [0.25, 0.3) is 5.91 Å². The lowest BCUT2D eigenvalue weighted by atomic mass is 10.00. The molecule has 1 aliphatic heterocycles. The van der Waals surface area contributed by atoms with Crippen molar-refractivity contribution >= 4 is 34.9 Å². The number of methoxy groups -OCH3 is 1. The first-order valence-electron chi connectivity index (χ1n) is 11.2. The van der Waals surface area contributed by atoms with Gasteiger partial charge in [-0.25, -0.2) is 4.79 Å². The predicted molar refractivity (Wildman–Crippen MR) is 133 cm³/mol. The number of ether oxygens (including phenoxy) is 2. The number of amides is 3. The average molecular weight is 494 g/mol. The molecule has 2 atom stereocenters. The van der Waals surface area contributed by atoms with E-state index >= 15 is 0 Å². The van der Waals surface area contributed by atoms with E-state index in [1.165, 1.54) is 16.2 Å². The number of carbonyl (C=O) groups is 3. The van der Waals surface area contributed by atoms with Crippen LogP contribution in [0.15, 0.2) is 66.0 Å². The number of aryl methyl sites for hydroxylation is 1. The van der Waals surface area contributed by atoms with Crippen LogP contribution < -0.4 is 10.6 Å². The third kappa shape index (κ3) is 5.87. The van der Waals surface area contributed by atoms with E-state index in [9.17, 15) is 14.4 Å². The molecule has 2 N–H and O–H groups in total. The molecular weight excluding hydrogens is 466 g/mol. The van der Waals surface area contributed by atoms with Crippen molar-refractivity contribution in [3.05, 3.63) is 87.6 Å². The summed E-state index contributed by atoms with van der Waals surface area (Å²) in [6.07, 6.45) is -1.41. The number of nitrogens with zero attached hydrogens (tertiary/aromatic N) is 1. The van der Waals surface area contributed by atoms with Gasteiger partial charge < -0.3 is 20.1 Å². The molecule has 8 nitrogen and oxygen atoms in total. The van der Waals surface area contributed by atoms with Gasteiger partial charge in [-0.3, -0.25) is 14.5 Å². The van der Waals surface area contributed by atoms with Crippen LogP contribution in [-0.4, -0.2) is 49.1 Å². The maximum atomic E-state index is 13.2. The Morgan fingerprint density at radius 3 is 2.63 bits per heavy atom. The molecular formula is C26H27N3O5S. The average Bonchev–Trinajstić information content (AvgIpc) is 3.50. The van der Waals surface area contributed by atoms with Crippen LogP contribution >= 0.6 is 11.3 Å². The van der Waals surface area contributed by atoms with Crippen molar-refractivity contribution in [1.82, 2.24) is 10.2 Å². The molecule has 2 heterocycles. The summed E-state index contributed by atoms with van der Waals surface area (Å²) in [5, 5.41) is 7.52. The van der Waals surface area contributed by atoms with Gasteiger partial charge in [0.2, 0.25) is 5.91 Å². The number of rotatable bonds is 9. The van der Waals surface area contributed by atoms with E-state index in [0.717, 1.165) is 11.1 Å². The third-order valence-electron chi connectivity index (χ3n) is 5.65. The first kappa shape index (κ1) is 24.4. The van der Waals surface area contributed by atoms with Crippen molar-refractivity contribution in [2.45, 2.75) is 25.6 Å². The van der Waals surface area contributed by atoms with E-state index in [-0.39, 0.29) is 18.4 Å². The van der Waals surface area contributed by atoms with Gasteiger partial charge in [0.05, 0.1) is 18.0 Å². The van der Waals surface area contributed by atoms with Crippen LogP contribution in [0, 0.1) is 6.92 Å². The Labute approximate surface area is 207 Å². The van der Waals surface area contributed by atoms with Crippen molar-refractivity contribution in [1.29, 1.82) is 0 Å². The van der Waals surface area contributed by atoms with Crippen LogP contribution in [0.5, 0.6) is 0 Å². The molecule has 9 heteroatoms. The van der Waals surface area contributed by atoms with Gasteiger partial charge in [0.15, 0.2) is 12.1 Å². The first-order valence-corrected chi connectivity index (χ1v) is 12.1. The zero-order valence-electron chi connectivity index (χ0n) is 19.5. The lowest BCUT2D eigenvalue weighted by molar-refractivity contribution is -0.126. The molecule has 35 heavy (non-hydrogen) atoms. The van der Waals surface area contributed by atoms with E-state index < -0.39 is 18.2 Å². The Morgan fingerprint density at radius 2 is 1.91 bits per heavy atom. The van der Waals surface area contributed by atoms with Gasteiger partial charge in [-0.2, -0.15) is 0 Å². The van der Waals surface area contributed by atoms with Gasteiger partial charge >= 0.3 is 6.09 Å². The van der Waals surface area contributed by atoms with Crippen LogP contribution in [0.4, 0.5) is 10.5 Å². The highest BCUT2D eigenvalue weighted by Crippen LogP contribution is 2.35. The van der Waals surface area contributed by atoms with E-state index in [1.807, 2.05) is 42.6 Å². The van der Waals surface area contributed by atoms with Crippen LogP contribution in [0.25, 0.3) is 0 Å². The highest BCUT2D eigenvalue weighted by molar-refractivity contribution is 7.12. The number of benzene rings is 2. The zero-order valence-corrected chi connectivity index (χ0v) is 20.3. The fraction of sp³-hybridized carbons (Fsp3) is 0.269. The molecule has 1 saturated heterocycles. The molecule has 1 fully saturated rings. The number of hydrogen-bond donors (Lipinski definition) is 2. The molecule has 0 bridgehead atoms. The molecule has 2 aromatic carbocycles. The SMILES string of the molecule is COCCNC(=O)[C@@H]1[C@@H](c2cccc(NC(=O)c3cccs3)c2)OC(=O)N1Cc1ccc(C)cc1. The van der Waals surface area contributed by atoms with Gasteiger partial charge in [-0.1, -0.05) is 48.0 Å². The molecule has 0 saturated carbocycles. The van der Waals surface area contributed by atoms with Crippen molar-refractivity contribution in [2.24, 2.45) is 0 Å². The van der Waals surface area contributed by atoms with E-state index in [0.29, 0.717) is 29.3 Å². The molecule has 0 spiro atoms. The highest BCUT2D eigenvalue weighted by Gasteiger charge is 2.47. The predicted octanol–water partition coefficient (Wildman–Crippen LogP) is 4.13. The van der Waals surface area contributed by atoms with Crippen molar-refractivity contribution in [3.8, 4) is 0 Å². The fourth-order valence-electron chi connectivity index (χ4n) is 3.87. The minimum Gasteiger partial charge on any atom is -0.438 e. The summed E-state index contributed by atoms with van der Waals surface area (Å²) in [6, 6.07) is 17.5. The molecule has 4 rings (SSSR count). The fourth-order valence-corrected chi connectivity index (χ4v) is 4.49. The van der Waals surface area contributed by atoms with E-state index in [2.05, 4.69) is 10.6 Å². The molecule has 0 unspecified atom stereocenters. The Morgan fingerprint density at radius 1 is 1.11 bits per heavy atom. The lowest BCUT2D eigenvalue weighted by Crippen LogP contribution is -2.47. The molecule has 0 radical (unpaired) electrons. The summed E-state index contributed by atoms with van der Waals surface area (Å²) in [7, 11) is 1.55. The van der Waals surface area contributed by atoms with Crippen molar-refractivity contribution < 1.29 is 23.9 Å². The number of anilines is 1. The second-order valence-corrected chi connectivity index (χ2v) is 9.15. The molecule has 1 aliphatic rings. The summed E-state index contributed by atoms with van der Waals surface area (Å²) < 4.78 is 10.8. The monoisotopic (exact) mass is 493 g/mol. The van der Waals surface area contributed by atoms with Crippen LogP contribution in [0.3, 0.4) is 0 Å². The van der Waals surface area contributed by atoms with Gasteiger partial charge in [0.1, 0.15) is 0 Å². The summed E-state index contributed by atoms with van der Waals surface area (Å²) in [6.45, 7) is 2.87. The van der Waals surface area contributed by atoms with Gasteiger partial charge in [-0.05, 0) is 41.6 Å². The summed E-state index contributed by atoms with van der Waals surface area (Å²) in [5.41, 5.74) is 3.15. The second-order valence-electron chi connectivity index (χ2n) is 8.20. The molecule has 3 aromatic rings. The van der Waals surface area contributed by atoms with Crippen LogP contribution in [-0.2, 0) is 20.8 Å². The zero-order chi connectivity index (χ0) is 24.8. The maximum absolute atomic E-state index is 13.2. The minimum absolute atomic E-state index is 0.226. The quantitative estimate of drug-likeness (QED) is 0.437. The minimum atomic E-state index is -0.885. The Kier molecular flexibility index (Phi) is 7.79. The molecule has 182 valence electrons. The number of cyclic esters (lactones) is 1. The van der Waals surface area contributed by atoms with Crippen molar-refractivity contribution in [2.75, 3.05) is 25.6 Å². The van der Waals surface area contributed by atoms with Crippen molar-refractivity contribution in [3.63, 3.8) is 0 Å². The Balaban J connectivity index is 1.59. The standard InChI is InChI=1S/C26H27N3O5S/c1-17-8-10-18(11-9-17)16-29-22(25(31)27-12-13-33-2)23(34-26(29)32)19-5-3-6-20(15-19)28-24(30)21-7-4-14-35-21/h3-11,14-15,22-23H,12-13,16H2,1-2H3,(H,27,31)(H,28,30)/t22-,23+/m0/s1. The second kappa shape index (κ2) is 11.2. The summed E-state index contributed by atoms with van der Waals surface area (Å²) in [5.74, 6) is -0.562. The summed E-state index contributed by atoms with van der Waals surface area (Å²) in [4.78, 5) is 40.6. The van der Waals surface area contributed by atoms with E-state index in [4.69, 9.17) is 9.47 Å². The molecule has 0 aliphatic carbocycles. The van der Waals surface area contributed by atoms with E-state index in [1.54, 1.807) is 37.4 Å². The van der Waals surface area contributed by atoms with Crippen LogP contribution in [0.1, 0.15) is 32.5 Å². The Hall–Kier alpha value is -3.69. The van der Waals surface area contributed by atoms with Gasteiger partial charge in [-0.15, -0.1) is 11.3 Å². The van der Waals surface area contributed by atoms with Crippen LogP contribution in [0.2, 0.25) is 0 Å². The molecule has 3 amide bonds. The number of thiophene rings is 1. The number of hydrogen-bond acceptors (Lipinski definition) is 6. The molecule has 1 aromatic heterocycles.